The number of ether oxygens (including phenoxy) is 1. The van der Waals surface area contributed by atoms with Crippen LogP contribution in [0.3, 0.4) is 0 Å². The zero-order valence-electron chi connectivity index (χ0n) is 14.8. The number of aryl methyl sites for hydroxylation is 1. The van der Waals surface area contributed by atoms with Gasteiger partial charge in [0.2, 0.25) is 5.88 Å². The average Bonchev–Trinajstić information content (AvgIpc) is 3.31. The molecular weight excluding hydrogens is 375 g/mol. The molecule has 1 atom stereocenters. The molecule has 10 heteroatoms. The number of anilines is 1. The Balaban J connectivity index is 1.42. The Hall–Kier alpha value is -3.17. The van der Waals surface area contributed by atoms with Gasteiger partial charge in [-0.25, -0.2) is 9.97 Å². The third-order valence-electron chi connectivity index (χ3n) is 4.34. The van der Waals surface area contributed by atoms with Crippen molar-refractivity contribution in [2.24, 2.45) is 0 Å². The van der Waals surface area contributed by atoms with Gasteiger partial charge in [-0.2, -0.15) is 18.2 Å². The van der Waals surface area contributed by atoms with E-state index in [-0.39, 0.29) is 12.0 Å². The molecule has 1 aliphatic heterocycles. The quantitative estimate of drug-likeness (QED) is 0.673. The van der Waals surface area contributed by atoms with E-state index in [0.29, 0.717) is 31.2 Å². The maximum Gasteiger partial charge on any atom is 0.417 e. The molecule has 1 saturated heterocycles. The summed E-state index contributed by atoms with van der Waals surface area (Å²) in [4.78, 5) is 14.4. The summed E-state index contributed by atoms with van der Waals surface area (Å²) in [6, 6.07) is 5.84. The molecule has 4 heterocycles. The van der Waals surface area contributed by atoms with Gasteiger partial charge in [0.05, 0.1) is 12.1 Å². The number of halogens is 3. The van der Waals surface area contributed by atoms with Crippen LogP contribution >= 0.6 is 0 Å². The average molecular weight is 391 g/mol. The minimum atomic E-state index is -4.41. The van der Waals surface area contributed by atoms with Crippen molar-refractivity contribution in [1.29, 1.82) is 0 Å². The van der Waals surface area contributed by atoms with E-state index < -0.39 is 11.7 Å². The van der Waals surface area contributed by atoms with Gasteiger partial charge in [-0.05, 0) is 25.1 Å². The number of pyridine rings is 2. The molecule has 0 aliphatic carbocycles. The van der Waals surface area contributed by atoms with Gasteiger partial charge in [-0.15, -0.1) is 0 Å². The second-order valence-corrected chi connectivity index (χ2v) is 6.41. The van der Waals surface area contributed by atoms with E-state index >= 15 is 0 Å². The minimum Gasteiger partial charge on any atom is -0.472 e. The van der Waals surface area contributed by atoms with Crippen molar-refractivity contribution < 1.29 is 22.4 Å². The summed E-state index contributed by atoms with van der Waals surface area (Å²) in [5.74, 6) is 1.87. The first-order valence-electron chi connectivity index (χ1n) is 8.60. The van der Waals surface area contributed by atoms with Crippen molar-refractivity contribution in [3.63, 3.8) is 0 Å². The highest BCUT2D eigenvalue weighted by molar-refractivity contribution is 5.59. The van der Waals surface area contributed by atoms with E-state index in [1.54, 1.807) is 19.2 Å². The van der Waals surface area contributed by atoms with Gasteiger partial charge < -0.3 is 14.2 Å². The molecule has 1 fully saturated rings. The third kappa shape index (κ3) is 3.90. The SMILES string of the molecule is Cc1noc(-c2ccnc(N3CCC(Oc4ccc(C(F)(F)F)cn4)C3)c2)n1. The summed E-state index contributed by atoms with van der Waals surface area (Å²) >= 11 is 0. The van der Waals surface area contributed by atoms with Crippen LogP contribution in [0, 0.1) is 6.92 Å². The largest absolute Gasteiger partial charge is 0.472 e. The van der Waals surface area contributed by atoms with Crippen molar-refractivity contribution in [2.75, 3.05) is 18.0 Å². The van der Waals surface area contributed by atoms with Crippen LogP contribution in [0.1, 0.15) is 17.8 Å². The summed E-state index contributed by atoms with van der Waals surface area (Å²) < 4.78 is 48.7. The van der Waals surface area contributed by atoms with E-state index in [2.05, 4.69) is 20.1 Å². The fourth-order valence-electron chi connectivity index (χ4n) is 2.96. The van der Waals surface area contributed by atoms with Crippen molar-refractivity contribution in [3.05, 3.63) is 48.0 Å². The van der Waals surface area contributed by atoms with Crippen LogP contribution in [-0.4, -0.2) is 39.3 Å². The van der Waals surface area contributed by atoms with E-state index in [0.717, 1.165) is 23.6 Å². The predicted molar refractivity (Wildman–Crippen MR) is 92.8 cm³/mol. The zero-order chi connectivity index (χ0) is 19.7. The van der Waals surface area contributed by atoms with Crippen LogP contribution in [0.4, 0.5) is 19.0 Å². The standard InChI is InChI=1S/C18H16F3N5O2/c1-11-24-17(28-25-11)12-4-6-22-15(8-12)26-7-5-14(10-26)27-16-3-2-13(9-23-16)18(19,20)21/h2-4,6,8-9,14H,5,7,10H2,1H3. The zero-order valence-corrected chi connectivity index (χ0v) is 14.8. The fourth-order valence-corrected chi connectivity index (χ4v) is 2.96. The molecule has 146 valence electrons. The number of nitrogens with zero attached hydrogens (tertiary/aromatic N) is 5. The molecule has 0 radical (unpaired) electrons. The van der Waals surface area contributed by atoms with Crippen molar-refractivity contribution in [2.45, 2.75) is 25.6 Å². The second-order valence-electron chi connectivity index (χ2n) is 6.41. The number of rotatable bonds is 4. The predicted octanol–water partition coefficient (Wildman–Crippen LogP) is 3.51. The molecule has 0 spiro atoms. The maximum atomic E-state index is 12.6. The second kappa shape index (κ2) is 7.10. The van der Waals surface area contributed by atoms with Crippen LogP contribution < -0.4 is 9.64 Å². The molecule has 0 N–H and O–H groups in total. The maximum absolute atomic E-state index is 12.6. The number of hydrogen-bond donors (Lipinski definition) is 0. The van der Waals surface area contributed by atoms with Crippen LogP contribution in [0.5, 0.6) is 5.88 Å². The lowest BCUT2D eigenvalue weighted by atomic mass is 10.2. The molecular formula is C18H16F3N5O2. The molecule has 7 nitrogen and oxygen atoms in total. The van der Waals surface area contributed by atoms with Crippen molar-refractivity contribution in [3.8, 4) is 17.3 Å². The summed E-state index contributed by atoms with van der Waals surface area (Å²) in [7, 11) is 0. The van der Waals surface area contributed by atoms with Gasteiger partial charge in [0, 0.05) is 37.0 Å². The highest BCUT2D eigenvalue weighted by atomic mass is 19.4. The van der Waals surface area contributed by atoms with E-state index in [4.69, 9.17) is 9.26 Å². The lowest BCUT2D eigenvalue weighted by molar-refractivity contribution is -0.137. The normalized spacial score (nSPS) is 17.1. The molecule has 0 saturated carbocycles. The van der Waals surface area contributed by atoms with Gasteiger partial charge >= 0.3 is 6.18 Å². The number of aromatic nitrogens is 4. The molecule has 28 heavy (non-hydrogen) atoms. The van der Waals surface area contributed by atoms with Gasteiger partial charge in [-0.1, -0.05) is 5.16 Å². The van der Waals surface area contributed by atoms with Gasteiger partial charge in [0.15, 0.2) is 5.82 Å². The van der Waals surface area contributed by atoms with Crippen LogP contribution in [0.25, 0.3) is 11.5 Å². The Labute approximate surface area is 158 Å². The molecule has 1 unspecified atom stereocenters. The number of alkyl halides is 3. The van der Waals surface area contributed by atoms with E-state index in [9.17, 15) is 13.2 Å². The Morgan fingerprint density at radius 1 is 1.21 bits per heavy atom. The number of hydrogen-bond acceptors (Lipinski definition) is 7. The van der Waals surface area contributed by atoms with E-state index in [1.807, 2.05) is 11.0 Å². The first kappa shape index (κ1) is 18.2. The summed E-state index contributed by atoms with van der Waals surface area (Å²) in [5.41, 5.74) is -0.0375. The summed E-state index contributed by atoms with van der Waals surface area (Å²) in [6.45, 7) is 2.99. The Morgan fingerprint density at radius 3 is 2.75 bits per heavy atom. The molecule has 0 amide bonds. The molecule has 3 aromatic heterocycles. The summed E-state index contributed by atoms with van der Waals surface area (Å²) in [6.07, 6.45) is -1.47. The third-order valence-corrected chi connectivity index (χ3v) is 4.34. The molecule has 0 aromatic carbocycles. The molecule has 3 aromatic rings. The molecule has 1 aliphatic rings. The monoisotopic (exact) mass is 391 g/mol. The van der Waals surface area contributed by atoms with E-state index in [1.165, 1.54) is 6.07 Å². The molecule has 0 bridgehead atoms. The molecule has 4 rings (SSSR count). The van der Waals surface area contributed by atoms with Gasteiger partial charge in [-0.3, -0.25) is 0 Å². The fraction of sp³-hybridized carbons (Fsp3) is 0.333. The Kier molecular flexibility index (Phi) is 4.62. The van der Waals surface area contributed by atoms with Crippen LogP contribution in [0.2, 0.25) is 0 Å². The lowest BCUT2D eigenvalue weighted by Crippen LogP contribution is -2.25. The Morgan fingerprint density at radius 2 is 2.07 bits per heavy atom. The minimum absolute atomic E-state index is 0.169. The van der Waals surface area contributed by atoms with Crippen molar-refractivity contribution >= 4 is 5.82 Å². The lowest BCUT2D eigenvalue weighted by Gasteiger charge is -2.18. The Bertz CT molecular complexity index is 958. The highest BCUT2D eigenvalue weighted by Gasteiger charge is 2.31. The van der Waals surface area contributed by atoms with Crippen LogP contribution in [-0.2, 0) is 6.18 Å². The first-order valence-corrected chi connectivity index (χ1v) is 8.60. The van der Waals surface area contributed by atoms with Gasteiger partial charge in [0.25, 0.3) is 5.89 Å². The summed E-state index contributed by atoms with van der Waals surface area (Å²) in [5, 5.41) is 3.78. The first-order chi connectivity index (χ1) is 13.4. The van der Waals surface area contributed by atoms with Crippen molar-refractivity contribution in [1.82, 2.24) is 20.1 Å². The smallest absolute Gasteiger partial charge is 0.417 e. The van der Waals surface area contributed by atoms with Gasteiger partial charge in [0.1, 0.15) is 11.9 Å². The van der Waals surface area contributed by atoms with Crippen LogP contribution in [0.15, 0.2) is 41.2 Å². The topological polar surface area (TPSA) is 77.2 Å². The highest BCUT2D eigenvalue weighted by Crippen LogP contribution is 2.30.